The minimum Gasteiger partial charge on any atom is -0.480 e. The van der Waals surface area contributed by atoms with Crippen molar-refractivity contribution in [1.29, 1.82) is 0 Å². The van der Waals surface area contributed by atoms with Gasteiger partial charge in [0.2, 0.25) is 35.2 Å². The normalized spacial score (nSPS) is 20.5. The molecule has 0 radical (unpaired) electrons. The molecule has 0 unspecified atom stereocenters. The molecule has 6 amide bonds. The lowest BCUT2D eigenvalue weighted by Crippen LogP contribution is -2.61. The summed E-state index contributed by atoms with van der Waals surface area (Å²) in [5.74, 6) is -4.08. The van der Waals surface area contributed by atoms with E-state index in [0.29, 0.717) is 19.8 Å². The van der Waals surface area contributed by atoms with E-state index in [9.17, 15) is 52.7 Å². The van der Waals surface area contributed by atoms with Gasteiger partial charge in [0.1, 0.15) is 80.6 Å². The van der Waals surface area contributed by atoms with E-state index in [1.54, 1.807) is 69.2 Å². The summed E-state index contributed by atoms with van der Waals surface area (Å²) >= 11 is 0. The zero-order valence-electron chi connectivity index (χ0n) is 62.4. The van der Waals surface area contributed by atoms with E-state index in [1.165, 1.54) is 17.9 Å². The molecule has 39 nitrogen and oxygen atoms in total. The van der Waals surface area contributed by atoms with Crippen molar-refractivity contribution in [1.82, 2.24) is 31.5 Å². The Balaban J connectivity index is 1.39. The van der Waals surface area contributed by atoms with Gasteiger partial charge < -0.3 is 110 Å². The Labute approximate surface area is 614 Å². The highest BCUT2D eigenvalue weighted by atomic mass is 16.8. The maximum atomic E-state index is 13.6. The number of hydrogen-bond acceptors (Lipinski definition) is 33. The second kappa shape index (κ2) is 45.4. The Morgan fingerprint density at radius 3 is 1.55 bits per heavy atom. The third-order valence-corrected chi connectivity index (χ3v) is 14.2. The van der Waals surface area contributed by atoms with Gasteiger partial charge in [0.25, 0.3) is 0 Å². The average molecular weight is 1520 g/mol. The molecule has 39 heteroatoms. The minimum atomic E-state index is -1.57. The molecule has 4 heterocycles. The van der Waals surface area contributed by atoms with Gasteiger partial charge in [-0.2, -0.15) is 0 Å². The molecule has 5 N–H and O–H groups in total. The van der Waals surface area contributed by atoms with Crippen LogP contribution in [0.5, 0.6) is 0 Å². The van der Waals surface area contributed by atoms with Crippen LogP contribution < -0.4 is 26.6 Å². The third kappa shape index (κ3) is 34.8. The molecule has 0 spiro atoms. The lowest BCUT2D eigenvalue weighted by molar-refractivity contribution is -0.167. The lowest BCUT2D eigenvalue weighted by Gasteiger charge is -2.40. The molecule has 10 atom stereocenters. The van der Waals surface area contributed by atoms with Crippen molar-refractivity contribution >= 4 is 78.0 Å². The summed E-state index contributed by atoms with van der Waals surface area (Å²) < 4.78 is 110. The second-order valence-corrected chi connectivity index (χ2v) is 26.4. The fraction of sp³-hybridized carbons (Fsp3) is 0.716. The van der Waals surface area contributed by atoms with E-state index < -0.39 is 169 Å². The molecule has 0 bridgehead atoms. The first kappa shape index (κ1) is 89.2. The first-order chi connectivity index (χ1) is 50.1. The van der Waals surface area contributed by atoms with Gasteiger partial charge in [-0.05, 0) is 81.4 Å². The van der Waals surface area contributed by atoms with E-state index >= 15 is 0 Å². The number of esters is 3. The van der Waals surface area contributed by atoms with Gasteiger partial charge in [0.15, 0.2) is 18.3 Å². The molecule has 0 aromatic rings. The number of amidine groups is 1. The Hall–Kier alpha value is -9.17. The summed E-state index contributed by atoms with van der Waals surface area (Å²) in [4.78, 5) is 153. The van der Waals surface area contributed by atoms with Crippen molar-refractivity contribution in [2.45, 2.75) is 161 Å². The summed E-state index contributed by atoms with van der Waals surface area (Å²) in [6.45, 7) is 18.0. The van der Waals surface area contributed by atoms with E-state index in [1.807, 2.05) is 0 Å². The Morgan fingerprint density at radius 1 is 0.585 bits per heavy atom. The van der Waals surface area contributed by atoms with Gasteiger partial charge in [-0.1, -0.05) is 12.8 Å². The molecule has 2 fully saturated rings. The highest BCUT2D eigenvalue weighted by Crippen LogP contribution is 2.34. The molecule has 596 valence electrons. The standard InChI is InChI=1S/C67H102N8O31/c1-16-21-89-26-28-93-30-31-94-29-27-90-22-17-50(78)75(20-25-92-32-33-95-51(79)39-97-54(47-36-98-63(85)102-47)53-40(2)43(34-45(100-53)57(80)87-14)69-41(3)70-60(82)104-65(5,6)7)19-24-91-23-18-68-49(77)38-96-55(48-37-99-64(86)103-48)56-52(71-42(4)76)44(35-46(101-56)58(81)88-15)72-59(73-61(83)105-66(8,9)10)74-62(84)106-67(11,12)13/h1,34-35,40,43-44,47-48,52-56H,17-33,36-39H2,2-15H3,(H,68,77)(H,71,76)(H,69,70,82)(H2,72,73,74,83,84)/t40-,43+,44+,47+,48+,52-,53-,54+,55+,56-/m0/s1. The van der Waals surface area contributed by atoms with Crippen LogP contribution in [0.4, 0.5) is 24.0 Å². The van der Waals surface area contributed by atoms with Gasteiger partial charge in [-0.15, -0.1) is 6.42 Å². The number of rotatable bonds is 40. The number of methoxy groups -OCH3 is 2. The number of hydrogen-bond donors (Lipinski definition) is 5. The fourth-order valence-electron chi connectivity index (χ4n) is 9.77. The molecule has 0 aliphatic carbocycles. The molecule has 2 saturated heterocycles. The SMILES string of the molecule is C#CCOCCOCCOCCOCCC(=O)N(CCOCCNC(=O)CO[C@@H]([C@H]1OC(C(=O)OC)=C[C@@H](N=C(NC(=O)OC(C)(C)C)NC(=O)OC(C)(C)C)[C@@H]1NC(C)=O)[C@H]1COC(=O)O1)CCOCCOC(=O)CO[C@@H]([C@H]1OC(C(=O)OC)=C[C@@H](N=C(C)NC(=O)OC(C)(C)C)[C@@H]1C)[C@H]1COC(=O)O1. The first-order valence-electron chi connectivity index (χ1n) is 33.9. The zero-order chi connectivity index (χ0) is 78.6. The number of terminal acetylenes is 1. The number of nitrogens with zero attached hydrogens (tertiary/aromatic N) is 3. The summed E-state index contributed by atoms with van der Waals surface area (Å²) in [7, 11) is 2.18. The first-order valence-corrected chi connectivity index (χ1v) is 33.9. The van der Waals surface area contributed by atoms with E-state index in [2.05, 4.69) is 42.5 Å². The van der Waals surface area contributed by atoms with Gasteiger partial charge in [0.05, 0.1) is 111 Å². The van der Waals surface area contributed by atoms with Crippen LogP contribution in [0.25, 0.3) is 0 Å². The molecule has 4 aliphatic heterocycles. The highest BCUT2D eigenvalue weighted by molar-refractivity contribution is 6.01. The average Bonchev–Trinajstić information content (AvgIpc) is 1.19. The lowest BCUT2D eigenvalue weighted by atomic mass is 9.87. The van der Waals surface area contributed by atoms with Crippen molar-refractivity contribution in [3.63, 3.8) is 0 Å². The molecule has 106 heavy (non-hydrogen) atoms. The van der Waals surface area contributed by atoms with Crippen LogP contribution >= 0.6 is 0 Å². The van der Waals surface area contributed by atoms with Crippen LogP contribution in [0, 0.1) is 18.3 Å². The monoisotopic (exact) mass is 1510 g/mol. The van der Waals surface area contributed by atoms with Gasteiger partial charge in [0, 0.05) is 32.5 Å². The quantitative estimate of drug-likeness (QED) is 0.0145. The fourth-order valence-corrected chi connectivity index (χ4v) is 9.77. The highest BCUT2D eigenvalue weighted by Gasteiger charge is 2.50. The van der Waals surface area contributed by atoms with Crippen LogP contribution in [0.2, 0.25) is 0 Å². The van der Waals surface area contributed by atoms with E-state index in [4.69, 9.17) is 101 Å². The predicted octanol–water partition coefficient (Wildman–Crippen LogP) is 1.58. The Kier molecular flexibility index (Phi) is 38.2. The summed E-state index contributed by atoms with van der Waals surface area (Å²) in [5.41, 5.74) is -2.86. The van der Waals surface area contributed by atoms with Crippen molar-refractivity contribution in [3.8, 4) is 12.3 Å². The Morgan fingerprint density at radius 2 is 1.05 bits per heavy atom. The van der Waals surface area contributed by atoms with Crippen molar-refractivity contribution < 1.29 is 147 Å². The summed E-state index contributed by atoms with van der Waals surface area (Å²) in [5, 5.41) is 12.5. The number of aliphatic imine (C=N–C) groups is 2. The van der Waals surface area contributed by atoms with Gasteiger partial charge in [-0.3, -0.25) is 35.3 Å². The van der Waals surface area contributed by atoms with Crippen LogP contribution in [0.1, 0.15) is 89.5 Å². The predicted molar refractivity (Wildman–Crippen MR) is 364 cm³/mol. The molecule has 0 aromatic heterocycles. The topological polar surface area (TPSA) is 460 Å². The molecular formula is C67H102N8O31. The summed E-state index contributed by atoms with van der Waals surface area (Å²) in [6, 6.07) is -3.70. The molecular weight excluding hydrogens is 1410 g/mol. The molecule has 4 rings (SSSR count). The van der Waals surface area contributed by atoms with E-state index in [-0.39, 0.29) is 116 Å². The van der Waals surface area contributed by atoms with Crippen LogP contribution in [0.3, 0.4) is 0 Å². The smallest absolute Gasteiger partial charge is 0.480 e. The van der Waals surface area contributed by atoms with Gasteiger partial charge >= 0.3 is 48.5 Å². The van der Waals surface area contributed by atoms with Crippen molar-refractivity contribution in [2.24, 2.45) is 15.9 Å². The van der Waals surface area contributed by atoms with Crippen LogP contribution in [-0.4, -0.2) is 301 Å². The van der Waals surface area contributed by atoms with Crippen molar-refractivity contribution in [3.05, 3.63) is 23.7 Å². The summed E-state index contributed by atoms with van der Waals surface area (Å²) in [6.07, 6.45) is -5.39. The number of carbonyl (C=O) groups is 11. The van der Waals surface area contributed by atoms with Crippen molar-refractivity contribution in [2.75, 3.05) is 146 Å². The number of guanidine groups is 1. The largest absolute Gasteiger partial charge is 0.508 e. The Bertz CT molecular complexity index is 3070. The number of cyclic esters (lactones) is 4. The molecule has 0 saturated carbocycles. The third-order valence-electron chi connectivity index (χ3n) is 14.2. The zero-order valence-corrected chi connectivity index (χ0v) is 62.4. The molecule has 0 aromatic carbocycles. The van der Waals surface area contributed by atoms with Crippen LogP contribution in [-0.2, 0) is 124 Å². The number of carbonyl (C=O) groups excluding carboxylic acids is 11. The maximum Gasteiger partial charge on any atom is 0.508 e. The maximum absolute atomic E-state index is 13.6. The second-order valence-electron chi connectivity index (χ2n) is 26.4. The number of nitrogens with one attached hydrogen (secondary N) is 5. The van der Waals surface area contributed by atoms with Crippen LogP contribution in [0.15, 0.2) is 33.7 Å². The molecule has 4 aliphatic rings. The number of ether oxygens (including phenoxy) is 20. The van der Waals surface area contributed by atoms with Gasteiger partial charge in [-0.25, -0.2) is 43.3 Å². The van der Waals surface area contributed by atoms with E-state index in [0.717, 1.165) is 27.2 Å². The number of amides is 6. The minimum absolute atomic E-state index is 0.0279. The number of alkyl carbamates (subject to hydrolysis) is 3.